The number of para-hydroxylation sites is 1. The van der Waals surface area contributed by atoms with Crippen LogP contribution in [-0.2, 0) is 13.0 Å². The Bertz CT molecular complexity index is 818. The predicted molar refractivity (Wildman–Crippen MR) is 103 cm³/mol. The third-order valence-corrected chi connectivity index (χ3v) is 5.32. The number of hydrogen-bond acceptors (Lipinski definition) is 5. The van der Waals surface area contributed by atoms with Gasteiger partial charge < -0.3 is 15.0 Å². The number of carbonyl (C=O) groups excluding carboxylic acids is 1. The van der Waals surface area contributed by atoms with Gasteiger partial charge in [0.15, 0.2) is 0 Å². The van der Waals surface area contributed by atoms with Gasteiger partial charge in [0.05, 0.1) is 17.9 Å². The molecule has 2 aliphatic heterocycles. The SMILES string of the molecule is CCOc1ccccc1C(=O)N1CCc2nc(C3CCCNC3)ncc2C1. The molecule has 1 unspecified atom stereocenters. The largest absolute Gasteiger partial charge is 0.493 e. The van der Waals surface area contributed by atoms with Gasteiger partial charge in [-0.2, -0.15) is 0 Å². The number of benzene rings is 1. The first-order chi connectivity index (χ1) is 13.3. The van der Waals surface area contributed by atoms with E-state index in [9.17, 15) is 4.79 Å². The molecule has 1 aromatic heterocycles. The second kappa shape index (κ2) is 8.05. The maximum absolute atomic E-state index is 13.0. The molecular formula is C21H26N4O2. The fourth-order valence-corrected chi connectivity index (χ4v) is 3.87. The van der Waals surface area contributed by atoms with E-state index in [1.807, 2.05) is 42.3 Å². The minimum Gasteiger partial charge on any atom is -0.493 e. The van der Waals surface area contributed by atoms with Gasteiger partial charge in [0, 0.05) is 43.7 Å². The summed E-state index contributed by atoms with van der Waals surface area (Å²) in [5.41, 5.74) is 2.76. The Morgan fingerprint density at radius 3 is 3.07 bits per heavy atom. The number of nitrogens with zero attached hydrogens (tertiary/aromatic N) is 3. The summed E-state index contributed by atoms with van der Waals surface area (Å²) in [6.45, 7) is 5.73. The van der Waals surface area contributed by atoms with E-state index >= 15 is 0 Å². The maximum Gasteiger partial charge on any atom is 0.257 e. The molecule has 1 fully saturated rings. The number of aromatic nitrogens is 2. The Hall–Kier alpha value is -2.47. The maximum atomic E-state index is 13.0. The zero-order valence-corrected chi connectivity index (χ0v) is 15.8. The summed E-state index contributed by atoms with van der Waals surface area (Å²) in [7, 11) is 0. The zero-order chi connectivity index (χ0) is 18.6. The number of nitrogens with one attached hydrogen (secondary N) is 1. The van der Waals surface area contributed by atoms with Crippen LogP contribution in [-0.4, -0.2) is 47.0 Å². The Morgan fingerprint density at radius 1 is 1.37 bits per heavy atom. The minimum atomic E-state index is 0.00487. The molecule has 0 bridgehead atoms. The van der Waals surface area contributed by atoms with Gasteiger partial charge in [-0.15, -0.1) is 0 Å². The van der Waals surface area contributed by atoms with Crippen molar-refractivity contribution >= 4 is 5.91 Å². The van der Waals surface area contributed by atoms with Crippen molar-refractivity contribution in [2.75, 3.05) is 26.2 Å². The molecule has 142 valence electrons. The lowest BCUT2D eigenvalue weighted by molar-refractivity contribution is 0.0729. The van der Waals surface area contributed by atoms with Crippen LogP contribution in [0.15, 0.2) is 30.5 Å². The van der Waals surface area contributed by atoms with Crippen LogP contribution in [0.3, 0.4) is 0 Å². The van der Waals surface area contributed by atoms with Crippen LogP contribution < -0.4 is 10.1 Å². The average Bonchev–Trinajstić information content (AvgIpc) is 2.74. The summed E-state index contributed by atoms with van der Waals surface area (Å²) in [5.74, 6) is 2.00. The van der Waals surface area contributed by atoms with E-state index in [-0.39, 0.29) is 5.91 Å². The van der Waals surface area contributed by atoms with E-state index in [2.05, 4.69) is 10.3 Å². The molecule has 0 aliphatic carbocycles. The summed E-state index contributed by atoms with van der Waals surface area (Å²) in [6.07, 6.45) is 5.00. The number of amides is 1. The average molecular weight is 366 g/mol. The van der Waals surface area contributed by atoms with Gasteiger partial charge in [-0.1, -0.05) is 12.1 Å². The number of fused-ring (bicyclic) bond motifs is 1. The van der Waals surface area contributed by atoms with Gasteiger partial charge in [0.2, 0.25) is 0 Å². The molecule has 1 atom stereocenters. The molecule has 3 heterocycles. The van der Waals surface area contributed by atoms with E-state index in [4.69, 9.17) is 9.72 Å². The summed E-state index contributed by atoms with van der Waals surface area (Å²) in [6, 6.07) is 7.45. The Morgan fingerprint density at radius 2 is 2.26 bits per heavy atom. The topological polar surface area (TPSA) is 67.3 Å². The van der Waals surface area contributed by atoms with Gasteiger partial charge in [-0.05, 0) is 38.4 Å². The molecule has 0 radical (unpaired) electrons. The molecule has 1 aromatic carbocycles. The second-order valence-corrected chi connectivity index (χ2v) is 7.15. The molecule has 6 heteroatoms. The number of carbonyl (C=O) groups is 1. The number of hydrogen-bond donors (Lipinski definition) is 1. The molecule has 2 aliphatic rings. The lowest BCUT2D eigenvalue weighted by Gasteiger charge is -2.29. The first kappa shape index (κ1) is 17.9. The van der Waals surface area contributed by atoms with Gasteiger partial charge in [-0.3, -0.25) is 4.79 Å². The van der Waals surface area contributed by atoms with Crippen LogP contribution in [0.2, 0.25) is 0 Å². The highest BCUT2D eigenvalue weighted by molar-refractivity contribution is 5.97. The molecule has 2 aromatic rings. The Balaban J connectivity index is 1.51. The normalized spacial score (nSPS) is 19.4. The quantitative estimate of drug-likeness (QED) is 0.901. The predicted octanol–water partition coefficient (Wildman–Crippen LogP) is 2.54. The van der Waals surface area contributed by atoms with Crippen LogP contribution in [0.1, 0.15) is 53.1 Å². The lowest BCUT2D eigenvalue weighted by atomic mass is 9.98. The Kier molecular flexibility index (Phi) is 5.34. The van der Waals surface area contributed by atoms with Crippen LogP contribution in [0.4, 0.5) is 0 Å². The molecule has 0 saturated carbocycles. The van der Waals surface area contributed by atoms with Crippen molar-refractivity contribution in [1.82, 2.24) is 20.2 Å². The molecule has 1 amide bonds. The lowest BCUT2D eigenvalue weighted by Crippen LogP contribution is -2.37. The van der Waals surface area contributed by atoms with Crippen LogP contribution in [0.25, 0.3) is 0 Å². The molecular weight excluding hydrogens is 340 g/mol. The number of ether oxygens (including phenoxy) is 1. The number of rotatable bonds is 4. The van der Waals surface area contributed by atoms with Crippen molar-refractivity contribution in [3.63, 3.8) is 0 Å². The van der Waals surface area contributed by atoms with E-state index in [0.29, 0.717) is 36.9 Å². The highest BCUT2D eigenvalue weighted by Crippen LogP contribution is 2.26. The summed E-state index contributed by atoms with van der Waals surface area (Å²) >= 11 is 0. The molecule has 27 heavy (non-hydrogen) atoms. The standard InChI is InChI=1S/C21H26N4O2/c1-2-27-19-8-4-3-7-17(19)21(26)25-11-9-18-16(14-25)13-23-20(24-18)15-6-5-10-22-12-15/h3-4,7-8,13,15,22H,2,5-6,9-12,14H2,1H3. The van der Waals surface area contributed by atoms with Gasteiger partial charge in [-0.25, -0.2) is 9.97 Å². The smallest absolute Gasteiger partial charge is 0.257 e. The van der Waals surface area contributed by atoms with Crippen molar-refractivity contribution in [2.24, 2.45) is 0 Å². The van der Waals surface area contributed by atoms with E-state index in [1.54, 1.807) is 0 Å². The van der Waals surface area contributed by atoms with Crippen LogP contribution in [0, 0.1) is 0 Å². The van der Waals surface area contributed by atoms with Gasteiger partial charge in [0.1, 0.15) is 11.6 Å². The van der Waals surface area contributed by atoms with E-state index in [0.717, 1.165) is 43.0 Å². The molecule has 1 saturated heterocycles. The summed E-state index contributed by atoms with van der Waals surface area (Å²) in [5, 5.41) is 3.42. The first-order valence-electron chi connectivity index (χ1n) is 9.82. The van der Waals surface area contributed by atoms with E-state index in [1.165, 1.54) is 6.42 Å². The van der Waals surface area contributed by atoms with Crippen molar-refractivity contribution in [3.05, 3.63) is 53.1 Å². The van der Waals surface area contributed by atoms with Crippen molar-refractivity contribution in [3.8, 4) is 5.75 Å². The third kappa shape index (κ3) is 3.81. The monoisotopic (exact) mass is 366 g/mol. The summed E-state index contributed by atoms with van der Waals surface area (Å²) in [4.78, 5) is 24.3. The van der Waals surface area contributed by atoms with Crippen molar-refractivity contribution < 1.29 is 9.53 Å². The van der Waals surface area contributed by atoms with Crippen molar-refractivity contribution in [2.45, 2.75) is 38.6 Å². The highest BCUT2D eigenvalue weighted by atomic mass is 16.5. The molecule has 1 N–H and O–H groups in total. The molecule has 0 spiro atoms. The fraction of sp³-hybridized carbons (Fsp3) is 0.476. The third-order valence-electron chi connectivity index (χ3n) is 5.32. The van der Waals surface area contributed by atoms with Crippen LogP contribution in [0.5, 0.6) is 5.75 Å². The fourth-order valence-electron chi connectivity index (χ4n) is 3.87. The van der Waals surface area contributed by atoms with E-state index < -0.39 is 0 Å². The molecule has 6 nitrogen and oxygen atoms in total. The van der Waals surface area contributed by atoms with Gasteiger partial charge >= 0.3 is 0 Å². The zero-order valence-electron chi connectivity index (χ0n) is 15.8. The number of piperidine rings is 1. The first-order valence-corrected chi connectivity index (χ1v) is 9.82. The van der Waals surface area contributed by atoms with Crippen molar-refractivity contribution in [1.29, 1.82) is 0 Å². The summed E-state index contributed by atoms with van der Waals surface area (Å²) < 4.78 is 5.62. The van der Waals surface area contributed by atoms with Crippen LogP contribution >= 0.6 is 0 Å². The Labute approximate surface area is 160 Å². The van der Waals surface area contributed by atoms with Gasteiger partial charge in [0.25, 0.3) is 5.91 Å². The molecule has 4 rings (SSSR count). The second-order valence-electron chi connectivity index (χ2n) is 7.15. The highest BCUT2D eigenvalue weighted by Gasteiger charge is 2.26. The minimum absolute atomic E-state index is 0.00487.